The molecule has 1 saturated heterocycles. The summed E-state index contributed by atoms with van der Waals surface area (Å²) in [6.45, 7) is 3.21. The first-order chi connectivity index (χ1) is 15.4. The van der Waals surface area contributed by atoms with Gasteiger partial charge in [0.1, 0.15) is 18.3 Å². The maximum atomic E-state index is 12.9. The number of nitrogens with one attached hydrogen (secondary N) is 1. The lowest BCUT2D eigenvalue weighted by Crippen LogP contribution is -2.39. The van der Waals surface area contributed by atoms with E-state index in [9.17, 15) is 14.4 Å². The Labute approximate surface area is 186 Å². The number of carbonyl (C=O) groups is 3. The van der Waals surface area contributed by atoms with Gasteiger partial charge in [-0.15, -0.1) is 0 Å². The van der Waals surface area contributed by atoms with E-state index in [4.69, 9.17) is 4.74 Å². The summed E-state index contributed by atoms with van der Waals surface area (Å²) < 4.78 is 5.85. The molecule has 3 aromatic rings. The van der Waals surface area contributed by atoms with Gasteiger partial charge in [-0.2, -0.15) is 0 Å². The third-order valence-electron chi connectivity index (χ3n) is 5.19. The number of ether oxygens (including phenoxy) is 1. The summed E-state index contributed by atoms with van der Waals surface area (Å²) in [5.74, 6) is 0.177. The van der Waals surface area contributed by atoms with Crippen molar-refractivity contribution in [1.29, 1.82) is 0 Å². The fraction of sp³-hybridized carbons (Fsp3) is 0.160. The van der Waals surface area contributed by atoms with Crippen molar-refractivity contribution in [1.82, 2.24) is 4.90 Å². The zero-order valence-corrected chi connectivity index (χ0v) is 17.8. The summed E-state index contributed by atoms with van der Waals surface area (Å²) >= 11 is 0. The largest absolute Gasteiger partial charge is 0.455 e. The molecule has 1 atom stereocenters. The number of nitrogens with zero attached hydrogens (tertiary/aromatic N) is 2. The van der Waals surface area contributed by atoms with Gasteiger partial charge < -0.3 is 10.1 Å². The molecule has 7 nitrogen and oxygen atoms in total. The van der Waals surface area contributed by atoms with E-state index in [0.29, 0.717) is 22.9 Å². The third-order valence-corrected chi connectivity index (χ3v) is 5.19. The van der Waals surface area contributed by atoms with Gasteiger partial charge in [-0.3, -0.25) is 19.4 Å². The van der Waals surface area contributed by atoms with Gasteiger partial charge in [0.2, 0.25) is 5.91 Å². The van der Waals surface area contributed by atoms with Gasteiger partial charge in [0.15, 0.2) is 5.75 Å². The number of aryl methyl sites for hydroxylation is 1. The van der Waals surface area contributed by atoms with E-state index < -0.39 is 23.9 Å². The summed E-state index contributed by atoms with van der Waals surface area (Å²) in [6.07, 6.45) is 0. The molecule has 0 spiro atoms. The zero-order chi connectivity index (χ0) is 22.7. The van der Waals surface area contributed by atoms with E-state index in [2.05, 4.69) is 5.32 Å². The van der Waals surface area contributed by atoms with E-state index in [1.807, 2.05) is 37.3 Å². The molecule has 3 aromatic carbocycles. The van der Waals surface area contributed by atoms with Crippen LogP contribution in [0.1, 0.15) is 12.5 Å². The molecule has 0 saturated carbocycles. The predicted octanol–water partition coefficient (Wildman–Crippen LogP) is 4.58. The Morgan fingerprint density at radius 3 is 2.31 bits per heavy atom. The Hall–Kier alpha value is -4.13. The van der Waals surface area contributed by atoms with Crippen molar-refractivity contribution in [3.05, 3.63) is 84.4 Å². The molecule has 1 heterocycles. The van der Waals surface area contributed by atoms with Crippen molar-refractivity contribution < 1.29 is 19.1 Å². The smallest absolute Gasteiger partial charge is 0.332 e. The van der Waals surface area contributed by atoms with Gasteiger partial charge in [-0.25, -0.2) is 4.79 Å². The molecular weight excluding hydrogens is 406 g/mol. The van der Waals surface area contributed by atoms with Crippen LogP contribution in [-0.2, 0) is 9.59 Å². The van der Waals surface area contributed by atoms with Crippen molar-refractivity contribution in [2.24, 2.45) is 0 Å². The van der Waals surface area contributed by atoms with Crippen LogP contribution in [0.2, 0.25) is 0 Å². The minimum Gasteiger partial charge on any atom is -0.455 e. The zero-order valence-electron chi connectivity index (χ0n) is 17.8. The average Bonchev–Trinajstić information content (AvgIpc) is 3.00. The van der Waals surface area contributed by atoms with Crippen LogP contribution < -0.4 is 15.0 Å². The second-order valence-corrected chi connectivity index (χ2v) is 7.55. The van der Waals surface area contributed by atoms with Crippen LogP contribution in [0.15, 0.2) is 78.9 Å². The maximum absolute atomic E-state index is 12.9. The Morgan fingerprint density at radius 2 is 1.59 bits per heavy atom. The molecule has 1 aliphatic heterocycles. The van der Waals surface area contributed by atoms with Gasteiger partial charge in [-0.05, 0) is 50.2 Å². The van der Waals surface area contributed by atoms with Crippen molar-refractivity contribution in [3.8, 4) is 11.5 Å². The highest BCUT2D eigenvalue weighted by molar-refractivity contribution is 6.16. The quantitative estimate of drug-likeness (QED) is 0.582. The van der Waals surface area contributed by atoms with Crippen molar-refractivity contribution in [3.63, 3.8) is 0 Å². The number of benzene rings is 3. The monoisotopic (exact) mass is 429 g/mol. The highest BCUT2D eigenvalue weighted by Crippen LogP contribution is 2.30. The van der Waals surface area contributed by atoms with Crippen LogP contribution >= 0.6 is 0 Å². The van der Waals surface area contributed by atoms with E-state index in [1.54, 1.807) is 55.5 Å². The number of hydrogen-bond acceptors (Lipinski definition) is 4. The number of amides is 4. The molecule has 0 aromatic heterocycles. The van der Waals surface area contributed by atoms with E-state index >= 15 is 0 Å². The van der Waals surface area contributed by atoms with Crippen LogP contribution in [0.3, 0.4) is 0 Å². The minimum absolute atomic E-state index is 0.385. The molecule has 0 aliphatic carbocycles. The first-order valence-corrected chi connectivity index (χ1v) is 10.3. The van der Waals surface area contributed by atoms with E-state index in [-0.39, 0.29) is 6.54 Å². The SMILES string of the molecule is Cc1ccc(N2C(=O)N(CC(=O)Nc3ccccc3Oc3ccccc3)C(=O)[C@H]2C)cc1. The topological polar surface area (TPSA) is 79.0 Å². The van der Waals surface area contributed by atoms with Crippen LogP contribution in [-0.4, -0.2) is 35.3 Å². The molecule has 1 N–H and O–H groups in total. The van der Waals surface area contributed by atoms with Gasteiger partial charge in [-0.1, -0.05) is 48.0 Å². The number of hydrogen-bond donors (Lipinski definition) is 1. The summed E-state index contributed by atoms with van der Waals surface area (Å²) in [6, 6.07) is 22.3. The lowest BCUT2D eigenvalue weighted by molar-refractivity contribution is -0.130. The molecule has 1 fully saturated rings. The number of imide groups is 1. The fourth-order valence-electron chi connectivity index (χ4n) is 3.52. The molecule has 32 heavy (non-hydrogen) atoms. The maximum Gasteiger partial charge on any atom is 0.332 e. The summed E-state index contributed by atoms with van der Waals surface area (Å²) in [4.78, 5) is 40.8. The van der Waals surface area contributed by atoms with Crippen LogP contribution in [0.25, 0.3) is 0 Å². The molecule has 0 unspecified atom stereocenters. The summed E-state index contributed by atoms with van der Waals surface area (Å²) in [7, 11) is 0. The molecule has 1 aliphatic rings. The second-order valence-electron chi connectivity index (χ2n) is 7.55. The summed E-state index contributed by atoms with van der Waals surface area (Å²) in [5.41, 5.74) is 2.11. The lowest BCUT2D eigenvalue weighted by Gasteiger charge is -2.19. The lowest BCUT2D eigenvalue weighted by atomic mass is 10.2. The fourth-order valence-corrected chi connectivity index (χ4v) is 3.52. The molecule has 162 valence electrons. The van der Waals surface area contributed by atoms with Crippen LogP contribution in [0.5, 0.6) is 11.5 Å². The first kappa shape index (κ1) is 21.1. The number of para-hydroxylation sites is 3. The number of carbonyl (C=O) groups excluding carboxylic acids is 3. The molecule has 7 heteroatoms. The van der Waals surface area contributed by atoms with Crippen LogP contribution in [0.4, 0.5) is 16.2 Å². The molecule has 4 rings (SSSR count). The van der Waals surface area contributed by atoms with Gasteiger partial charge in [0.25, 0.3) is 5.91 Å². The first-order valence-electron chi connectivity index (χ1n) is 10.3. The van der Waals surface area contributed by atoms with Gasteiger partial charge in [0.05, 0.1) is 5.69 Å². The van der Waals surface area contributed by atoms with Crippen molar-refractivity contribution in [2.75, 3.05) is 16.8 Å². The normalized spacial score (nSPS) is 15.8. The third kappa shape index (κ3) is 4.32. The molecular formula is C25H23N3O4. The number of anilines is 2. The number of urea groups is 1. The van der Waals surface area contributed by atoms with E-state index in [0.717, 1.165) is 10.5 Å². The van der Waals surface area contributed by atoms with Gasteiger partial charge in [0, 0.05) is 5.69 Å². The molecule has 0 radical (unpaired) electrons. The Morgan fingerprint density at radius 1 is 0.938 bits per heavy atom. The summed E-state index contributed by atoms with van der Waals surface area (Å²) in [5, 5.41) is 2.75. The predicted molar refractivity (Wildman–Crippen MR) is 122 cm³/mol. The highest BCUT2D eigenvalue weighted by Gasteiger charge is 2.44. The highest BCUT2D eigenvalue weighted by atomic mass is 16.5. The Kier molecular flexibility index (Phi) is 5.89. The number of rotatable bonds is 6. The molecule has 0 bridgehead atoms. The van der Waals surface area contributed by atoms with Gasteiger partial charge >= 0.3 is 6.03 Å². The molecule has 4 amide bonds. The minimum atomic E-state index is -0.688. The Bertz CT molecular complexity index is 1150. The van der Waals surface area contributed by atoms with Crippen molar-refractivity contribution in [2.45, 2.75) is 19.9 Å². The van der Waals surface area contributed by atoms with Crippen molar-refractivity contribution >= 4 is 29.2 Å². The van der Waals surface area contributed by atoms with Crippen LogP contribution in [0, 0.1) is 6.92 Å². The second kappa shape index (κ2) is 8.93. The standard InChI is InChI=1S/C25H23N3O4/c1-17-12-14-19(15-13-17)28-18(2)24(30)27(25(28)31)16-23(29)26-21-10-6-7-11-22(21)32-20-8-4-3-5-9-20/h3-15,18H,16H2,1-2H3,(H,26,29)/t18-/m1/s1. The Balaban J connectivity index is 1.47. The van der Waals surface area contributed by atoms with E-state index in [1.165, 1.54) is 4.90 Å². The average molecular weight is 429 g/mol.